The van der Waals surface area contributed by atoms with Crippen LogP contribution in [-0.2, 0) is 0 Å². The number of ether oxygens (including phenoxy) is 1. The van der Waals surface area contributed by atoms with Gasteiger partial charge in [-0.1, -0.05) is 36.4 Å². The van der Waals surface area contributed by atoms with Crippen molar-refractivity contribution < 1.29 is 9.53 Å². The van der Waals surface area contributed by atoms with Crippen molar-refractivity contribution in [3.05, 3.63) is 54.1 Å². The molecule has 0 aliphatic heterocycles. The van der Waals surface area contributed by atoms with Crippen LogP contribution < -0.4 is 4.74 Å². The Morgan fingerprint density at radius 2 is 1.84 bits per heavy atom. The molecule has 0 fully saturated rings. The van der Waals surface area contributed by atoms with Crippen LogP contribution in [0.3, 0.4) is 0 Å². The number of aldehydes is 1. The molecule has 19 heavy (non-hydrogen) atoms. The highest BCUT2D eigenvalue weighted by Gasteiger charge is 2.11. The Bertz CT molecular complexity index is 760. The van der Waals surface area contributed by atoms with Crippen LogP contribution in [0.15, 0.2) is 48.5 Å². The Hall–Kier alpha value is -2.35. The maximum atomic E-state index is 11.5. The first-order valence-corrected chi connectivity index (χ1v) is 6.37. The van der Waals surface area contributed by atoms with Gasteiger partial charge in [-0.15, -0.1) is 0 Å². The topological polar surface area (TPSA) is 26.3 Å². The Labute approximate surface area is 111 Å². The van der Waals surface area contributed by atoms with E-state index < -0.39 is 0 Å². The van der Waals surface area contributed by atoms with Crippen LogP contribution >= 0.6 is 0 Å². The van der Waals surface area contributed by atoms with Crippen molar-refractivity contribution in [1.29, 1.82) is 0 Å². The van der Waals surface area contributed by atoms with E-state index in [1.165, 1.54) is 0 Å². The molecule has 0 aromatic heterocycles. The van der Waals surface area contributed by atoms with Gasteiger partial charge >= 0.3 is 0 Å². The predicted molar refractivity (Wildman–Crippen MR) is 78.0 cm³/mol. The second-order valence-electron chi connectivity index (χ2n) is 4.42. The van der Waals surface area contributed by atoms with Gasteiger partial charge < -0.3 is 4.74 Å². The SMILES string of the molecule is CCOc1cccc2cc3ccccc3c(C=O)c12. The Morgan fingerprint density at radius 1 is 1.05 bits per heavy atom. The molecule has 0 N–H and O–H groups in total. The highest BCUT2D eigenvalue weighted by Crippen LogP contribution is 2.33. The smallest absolute Gasteiger partial charge is 0.151 e. The van der Waals surface area contributed by atoms with Gasteiger partial charge in [0.15, 0.2) is 6.29 Å². The molecule has 3 aromatic rings. The maximum absolute atomic E-state index is 11.5. The number of benzene rings is 3. The zero-order chi connectivity index (χ0) is 13.2. The second-order valence-corrected chi connectivity index (χ2v) is 4.42. The molecule has 3 aromatic carbocycles. The summed E-state index contributed by atoms with van der Waals surface area (Å²) < 4.78 is 5.65. The van der Waals surface area contributed by atoms with Gasteiger partial charge in [0.1, 0.15) is 5.75 Å². The monoisotopic (exact) mass is 250 g/mol. The molecule has 0 heterocycles. The summed E-state index contributed by atoms with van der Waals surface area (Å²) in [4.78, 5) is 11.5. The Balaban J connectivity index is 2.49. The van der Waals surface area contributed by atoms with E-state index in [1.54, 1.807) is 0 Å². The summed E-state index contributed by atoms with van der Waals surface area (Å²) in [6.07, 6.45) is 0.924. The summed E-state index contributed by atoms with van der Waals surface area (Å²) in [5, 5.41) is 3.98. The minimum atomic E-state index is 0.588. The molecule has 0 unspecified atom stereocenters. The molecule has 0 atom stereocenters. The van der Waals surface area contributed by atoms with E-state index in [1.807, 2.05) is 49.4 Å². The van der Waals surface area contributed by atoms with Gasteiger partial charge in [-0.2, -0.15) is 0 Å². The molecule has 3 rings (SSSR count). The van der Waals surface area contributed by atoms with Gasteiger partial charge in [0.05, 0.1) is 6.61 Å². The van der Waals surface area contributed by atoms with E-state index in [0.717, 1.165) is 33.6 Å². The van der Waals surface area contributed by atoms with Crippen LogP contribution in [0.1, 0.15) is 17.3 Å². The summed E-state index contributed by atoms with van der Waals surface area (Å²) in [6.45, 7) is 2.53. The van der Waals surface area contributed by atoms with Crippen molar-refractivity contribution in [1.82, 2.24) is 0 Å². The highest BCUT2D eigenvalue weighted by molar-refractivity contribution is 6.14. The van der Waals surface area contributed by atoms with Gasteiger partial charge in [0.2, 0.25) is 0 Å². The standard InChI is InChI=1S/C17H14O2/c1-2-19-16-9-5-7-13-10-12-6-3-4-8-14(12)15(11-18)17(13)16/h3-11H,2H2,1H3. The lowest BCUT2D eigenvalue weighted by Gasteiger charge is -2.11. The number of hydrogen-bond donors (Lipinski definition) is 0. The molecule has 0 spiro atoms. The Kier molecular flexibility index (Phi) is 2.92. The first kappa shape index (κ1) is 11.7. The third kappa shape index (κ3) is 1.85. The van der Waals surface area contributed by atoms with Crippen molar-refractivity contribution in [2.75, 3.05) is 6.61 Å². The number of carbonyl (C=O) groups is 1. The quantitative estimate of drug-likeness (QED) is 0.514. The lowest BCUT2D eigenvalue weighted by atomic mass is 9.97. The molecule has 0 saturated carbocycles. The molecule has 0 aliphatic rings. The van der Waals surface area contributed by atoms with E-state index >= 15 is 0 Å². The number of carbonyl (C=O) groups excluding carboxylic acids is 1. The number of rotatable bonds is 3. The van der Waals surface area contributed by atoms with Crippen LogP contribution in [0, 0.1) is 0 Å². The van der Waals surface area contributed by atoms with Gasteiger partial charge in [-0.05, 0) is 35.2 Å². The largest absolute Gasteiger partial charge is 0.493 e. The average Bonchev–Trinajstić information content (AvgIpc) is 2.45. The minimum Gasteiger partial charge on any atom is -0.493 e. The molecule has 0 amide bonds. The maximum Gasteiger partial charge on any atom is 0.151 e. The molecule has 0 bridgehead atoms. The van der Waals surface area contributed by atoms with Crippen molar-refractivity contribution >= 4 is 27.8 Å². The van der Waals surface area contributed by atoms with Crippen molar-refractivity contribution in [2.45, 2.75) is 6.92 Å². The summed E-state index contributed by atoms with van der Waals surface area (Å²) >= 11 is 0. The zero-order valence-corrected chi connectivity index (χ0v) is 10.7. The summed E-state index contributed by atoms with van der Waals surface area (Å²) in [5.41, 5.74) is 0.706. The van der Waals surface area contributed by atoms with E-state index in [9.17, 15) is 4.79 Å². The van der Waals surface area contributed by atoms with E-state index in [2.05, 4.69) is 6.07 Å². The first-order chi connectivity index (χ1) is 9.35. The van der Waals surface area contributed by atoms with E-state index in [-0.39, 0.29) is 0 Å². The van der Waals surface area contributed by atoms with Gasteiger partial charge in [-0.25, -0.2) is 0 Å². The number of hydrogen-bond acceptors (Lipinski definition) is 2. The fraction of sp³-hybridized carbons (Fsp3) is 0.118. The molecular weight excluding hydrogens is 236 g/mol. The van der Waals surface area contributed by atoms with Crippen LogP contribution in [0.4, 0.5) is 0 Å². The molecular formula is C17H14O2. The van der Waals surface area contributed by atoms with Crippen molar-refractivity contribution in [3.8, 4) is 5.75 Å². The Morgan fingerprint density at radius 3 is 2.63 bits per heavy atom. The second kappa shape index (κ2) is 4.73. The molecule has 94 valence electrons. The summed E-state index contributed by atoms with van der Waals surface area (Å²) in [6, 6.07) is 15.9. The molecule has 0 aliphatic carbocycles. The highest BCUT2D eigenvalue weighted by atomic mass is 16.5. The van der Waals surface area contributed by atoms with Crippen LogP contribution in [-0.4, -0.2) is 12.9 Å². The average molecular weight is 250 g/mol. The predicted octanol–water partition coefficient (Wildman–Crippen LogP) is 4.20. The van der Waals surface area contributed by atoms with Gasteiger partial charge in [-0.3, -0.25) is 4.79 Å². The number of fused-ring (bicyclic) bond motifs is 2. The molecule has 0 saturated heterocycles. The summed E-state index contributed by atoms with van der Waals surface area (Å²) in [7, 11) is 0. The van der Waals surface area contributed by atoms with E-state index in [4.69, 9.17) is 4.74 Å². The van der Waals surface area contributed by atoms with E-state index in [0.29, 0.717) is 12.2 Å². The fourth-order valence-corrected chi connectivity index (χ4v) is 2.53. The van der Waals surface area contributed by atoms with Crippen molar-refractivity contribution in [3.63, 3.8) is 0 Å². The van der Waals surface area contributed by atoms with Crippen LogP contribution in [0.2, 0.25) is 0 Å². The lowest BCUT2D eigenvalue weighted by Crippen LogP contribution is -1.95. The molecule has 2 nitrogen and oxygen atoms in total. The lowest BCUT2D eigenvalue weighted by molar-refractivity contribution is 0.112. The summed E-state index contributed by atoms with van der Waals surface area (Å²) in [5.74, 6) is 0.771. The van der Waals surface area contributed by atoms with Crippen LogP contribution in [0.5, 0.6) is 5.75 Å². The zero-order valence-electron chi connectivity index (χ0n) is 10.7. The fourth-order valence-electron chi connectivity index (χ4n) is 2.53. The van der Waals surface area contributed by atoms with Gasteiger partial charge in [0, 0.05) is 10.9 Å². The van der Waals surface area contributed by atoms with Gasteiger partial charge in [0.25, 0.3) is 0 Å². The minimum absolute atomic E-state index is 0.588. The first-order valence-electron chi connectivity index (χ1n) is 6.37. The van der Waals surface area contributed by atoms with Crippen LogP contribution in [0.25, 0.3) is 21.5 Å². The normalized spacial score (nSPS) is 10.8. The third-order valence-electron chi connectivity index (χ3n) is 3.31. The van der Waals surface area contributed by atoms with Crippen molar-refractivity contribution in [2.24, 2.45) is 0 Å². The molecule has 2 heteroatoms. The third-order valence-corrected chi connectivity index (χ3v) is 3.31. The molecule has 0 radical (unpaired) electrons.